The number of ether oxygens (including phenoxy) is 3. The van der Waals surface area contributed by atoms with Gasteiger partial charge in [0.05, 0.1) is 19.1 Å². The van der Waals surface area contributed by atoms with E-state index in [4.69, 9.17) is 19.2 Å². The Balaban J connectivity index is 1.90. The van der Waals surface area contributed by atoms with Crippen molar-refractivity contribution < 1.29 is 14.2 Å². The summed E-state index contributed by atoms with van der Waals surface area (Å²) in [5.74, 6) is 2.75. The second kappa shape index (κ2) is 10.1. The van der Waals surface area contributed by atoms with E-state index in [-0.39, 0.29) is 0 Å². The van der Waals surface area contributed by atoms with Crippen molar-refractivity contribution in [2.24, 2.45) is 4.99 Å². The van der Waals surface area contributed by atoms with Crippen LogP contribution in [0.25, 0.3) is 0 Å². The van der Waals surface area contributed by atoms with Gasteiger partial charge in [0.1, 0.15) is 17.2 Å². The van der Waals surface area contributed by atoms with Gasteiger partial charge in [0.25, 0.3) is 0 Å². The van der Waals surface area contributed by atoms with E-state index in [0.29, 0.717) is 18.1 Å². The highest BCUT2D eigenvalue weighted by atomic mass is 16.5. The van der Waals surface area contributed by atoms with Gasteiger partial charge in [-0.2, -0.15) is 0 Å². The van der Waals surface area contributed by atoms with Crippen LogP contribution in [0.3, 0.4) is 0 Å². The van der Waals surface area contributed by atoms with Crippen molar-refractivity contribution in [1.29, 1.82) is 0 Å². The van der Waals surface area contributed by atoms with Crippen LogP contribution in [-0.4, -0.2) is 13.0 Å². The molecule has 0 unspecified atom stereocenters. The predicted molar refractivity (Wildman–Crippen MR) is 117 cm³/mol. The molecule has 0 aliphatic heterocycles. The fraction of sp³-hybridized carbons (Fsp3) is 0.160. The molecule has 0 fully saturated rings. The lowest BCUT2D eigenvalue weighted by Crippen LogP contribution is -2.12. The number of hydrogen-bond donors (Lipinski definition) is 0. The molecule has 4 heteroatoms. The van der Waals surface area contributed by atoms with E-state index in [2.05, 4.69) is 0 Å². The summed E-state index contributed by atoms with van der Waals surface area (Å²) in [4.78, 5) is 4.72. The van der Waals surface area contributed by atoms with Crippen LogP contribution >= 0.6 is 0 Å². The smallest absolute Gasteiger partial charge is 0.226 e. The molecule has 0 saturated heterocycles. The van der Waals surface area contributed by atoms with Crippen LogP contribution in [0.5, 0.6) is 17.2 Å². The van der Waals surface area contributed by atoms with Crippen molar-refractivity contribution in [3.8, 4) is 17.2 Å². The second-order valence-corrected chi connectivity index (χ2v) is 6.46. The van der Waals surface area contributed by atoms with Gasteiger partial charge in [0.15, 0.2) is 0 Å². The van der Waals surface area contributed by atoms with Crippen molar-refractivity contribution in [3.63, 3.8) is 0 Å². The molecule has 0 radical (unpaired) electrons. The average Bonchev–Trinajstić information content (AvgIpc) is 2.75. The molecule has 0 bridgehead atoms. The van der Waals surface area contributed by atoms with Crippen LogP contribution in [0.1, 0.15) is 18.9 Å². The van der Waals surface area contributed by atoms with Crippen molar-refractivity contribution >= 4 is 11.6 Å². The van der Waals surface area contributed by atoms with E-state index in [1.807, 2.05) is 92.7 Å². The zero-order chi connectivity index (χ0) is 20.5. The van der Waals surface area contributed by atoms with E-state index in [0.717, 1.165) is 28.3 Å². The standard InChI is InChI=1S/C25H25NO3/c1-4-20(18-28-23-15-13-22(27-3)14-16-23)25(26-21-10-6-5-7-11-21)29-24-12-8-9-19(2)17-24/h5-18H,4H2,1-3H3. The number of rotatable bonds is 7. The maximum absolute atomic E-state index is 6.16. The fourth-order valence-corrected chi connectivity index (χ4v) is 2.65. The fourth-order valence-electron chi connectivity index (χ4n) is 2.65. The molecule has 0 atom stereocenters. The van der Waals surface area contributed by atoms with E-state index in [1.165, 1.54) is 0 Å². The van der Waals surface area contributed by atoms with E-state index >= 15 is 0 Å². The minimum Gasteiger partial charge on any atom is -0.497 e. The third kappa shape index (κ3) is 5.98. The first-order chi connectivity index (χ1) is 14.2. The third-order valence-corrected chi connectivity index (χ3v) is 4.24. The van der Waals surface area contributed by atoms with E-state index in [1.54, 1.807) is 13.4 Å². The van der Waals surface area contributed by atoms with Gasteiger partial charge in [-0.1, -0.05) is 37.3 Å². The SMILES string of the molecule is CCC(=COc1ccc(OC)cc1)C(=Nc1ccccc1)Oc1cccc(C)c1. The maximum Gasteiger partial charge on any atom is 0.226 e. The van der Waals surface area contributed by atoms with Crippen molar-refractivity contribution in [3.05, 3.63) is 96.3 Å². The highest BCUT2D eigenvalue weighted by molar-refractivity contribution is 5.96. The molecule has 29 heavy (non-hydrogen) atoms. The maximum atomic E-state index is 6.16. The minimum atomic E-state index is 0.512. The zero-order valence-electron chi connectivity index (χ0n) is 17.0. The summed E-state index contributed by atoms with van der Waals surface area (Å²) < 4.78 is 17.2. The Labute approximate surface area is 172 Å². The van der Waals surface area contributed by atoms with Gasteiger partial charge in [0, 0.05) is 5.57 Å². The Bertz CT molecular complexity index is 976. The van der Waals surface area contributed by atoms with Crippen LogP contribution in [-0.2, 0) is 0 Å². The number of methoxy groups -OCH3 is 1. The topological polar surface area (TPSA) is 40.0 Å². The molecule has 3 rings (SSSR count). The number of para-hydroxylation sites is 1. The van der Waals surface area contributed by atoms with Gasteiger partial charge in [-0.15, -0.1) is 0 Å². The number of benzene rings is 3. The molecule has 0 aliphatic carbocycles. The summed E-state index contributed by atoms with van der Waals surface area (Å²) in [5.41, 5.74) is 2.79. The molecule has 3 aromatic carbocycles. The molecule has 0 amide bonds. The lowest BCUT2D eigenvalue weighted by molar-refractivity contribution is 0.412. The average molecular weight is 387 g/mol. The molecule has 0 N–H and O–H groups in total. The van der Waals surface area contributed by atoms with Crippen LogP contribution in [0, 0.1) is 6.92 Å². The van der Waals surface area contributed by atoms with Gasteiger partial charge < -0.3 is 14.2 Å². The molecular weight excluding hydrogens is 362 g/mol. The number of nitrogens with zero attached hydrogens (tertiary/aromatic N) is 1. The Kier molecular flexibility index (Phi) is 7.06. The summed E-state index contributed by atoms with van der Waals surface area (Å²) >= 11 is 0. The number of aliphatic imine (C=N–C) groups is 1. The monoisotopic (exact) mass is 387 g/mol. The lowest BCUT2D eigenvalue weighted by atomic mass is 10.2. The predicted octanol–water partition coefficient (Wildman–Crippen LogP) is 6.49. The third-order valence-electron chi connectivity index (χ3n) is 4.24. The molecule has 0 spiro atoms. The molecular formula is C25H25NO3. The molecule has 3 aromatic rings. The highest BCUT2D eigenvalue weighted by Crippen LogP contribution is 2.21. The largest absolute Gasteiger partial charge is 0.497 e. The molecule has 0 aliphatic rings. The lowest BCUT2D eigenvalue weighted by Gasteiger charge is -2.12. The Morgan fingerprint density at radius 2 is 1.59 bits per heavy atom. The second-order valence-electron chi connectivity index (χ2n) is 6.46. The zero-order valence-corrected chi connectivity index (χ0v) is 17.0. The van der Waals surface area contributed by atoms with Crippen molar-refractivity contribution in [1.82, 2.24) is 0 Å². The Morgan fingerprint density at radius 1 is 0.862 bits per heavy atom. The van der Waals surface area contributed by atoms with E-state index < -0.39 is 0 Å². The Hall–Kier alpha value is -3.53. The molecule has 0 aromatic heterocycles. The summed E-state index contributed by atoms with van der Waals surface area (Å²) in [6, 6.07) is 25.1. The van der Waals surface area contributed by atoms with Crippen molar-refractivity contribution in [2.75, 3.05) is 7.11 Å². The number of aryl methyl sites for hydroxylation is 1. The quantitative estimate of drug-likeness (QED) is 0.264. The van der Waals surface area contributed by atoms with Crippen LogP contribution in [0.15, 0.2) is 95.7 Å². The van der Waals surface area contributed by atoms with Gasteiger partial charge in [-0.3, -0.25) is 0 Å². The first-order valence-corrected chi connectivity index (χ1v) is 9.56. The van der Waals surface area contributed by atoms with Crippen LogP contribution in [0.4, 0.5) is 5.69 Å². The summed E-state index contributed by atoms with van der Waals surface area (Å²) in [7, 11) is 1.64. The first-order valence-electron chi connectivity index (χ1n) is 9.56. The van der Waals surface area contributed by atoms with E-state index in [9.17, 15) is 0 Å². The van der Waals surface area contributed by atoms with Crippen LogP contribution in [0.2, 0.25) is 0 Å². The van der Waals surface area contributed by atoms with Gasteiger partial charge in [-0.05, 0) is 67.4 Å². The van der Waals surface area contributed by atoms with Crippen molar-refractivity contribution in [2.45, 2.75) is 20.3 Å². The van der Waals surface area contributed by atoms with Gasteiger partial charge in [0.2, 0.25) is 5.90 Å². The van der Waals surface area contributed by atoms with Crippen LogP contribution < -0.4 is 14.2 Å². The molecule has 0 heterocycles. The van der Waals surface area contributed by atoms with Gasteiger partial charge >= 0.3 is 0 Å². The molecule has 0 saturated carbocycles. The first kappa shape index (κ1) is 20.2. The summed E-state index contributed by atoms with van der Waals surface area (Å²) in [6.07, 6.45) is 2.40. The summed E-state index contributed by atoms with van der Waals surface area (Å²) in [6.45, 7) is 4.08. The highest BCUT2D eigenvalue weighted by Gasteiger charge is 2.11. The normalized spacial score (nSPS) is 11.8. The molecule has 4 nitrogen and oxygen atoms in total. The minimum absolute atomic E-state index is 0.512. The summed E-state index contributed by atoms with van der Waals surface area (Å²) in [5, 5.41) is 0. The Morgan fingerprint density at radius 3 is 2.24 bits per heavy atom. The molecule has 148 valence electrons. The number of hydrogen-bond acceptors (Lipinski definition) is 4. The van der Waals surface area contributed by atoms with Gasteiger partial charge in [-0.25, -0.2) is 4.99 Å².